The van der Waals surface area contributed by atoms with Gasteiger partial charge in [-0.25, -0.2) is 13.1 Å². The van der Waals surface area contributed by atoms with Gasteiger partial charge in [-0.05, 0) is 19.3 Å². The number of aromatic nitrogens is 2. The maximum Gasteiger partial charge on any atom is 0.305 e. The van der Waals surface area contributed by atoms with Crippen LogP contribution in [-0.4, -0.2) is 48.5 Å². The molecule has 0 saturated carbocycles. The number of sulfonamides is 1. The monoisotopic (exact) mass is 317 g/mol. The highest BCUT2D eigenvalue weighted by Crippen LogP contribution is 2.13. The fourth-order valence-electron chi connectivity index (χ4n) is 2.07. The third kappa shape index (κ3) is 4.80. The zero-order chi connectivity index (χ0) is 15.3. The number of aryl methyl sites for hydroxylation is 1. The second-order valence-electron chi connectivity index (χ2n) is 4.92. The molecule has 2 rings (SSSR count). The van der Waals surface area contributed by atoms with E-state index in [-0.39, 0.29) is 30.5 Å². The lowest BCUT2D eigenvalue weighted by molar-refractivity contribution is -0.137. The minimum atomic E-state index is -3.64. The summed E-state index contributed by atoms with van der Waals surface area (Å²) >= 11 is 0. The van der Waals surface area contributed by atoms with Gasteiger partial charge in [-0.2, -0.15) is 5.10 Å². The molecule has 2 heterocycles. The van der Waals surface area contributed by atoms with Gasteiger partial charge in [0.2, 0.25) is 10.0 Å². The fourth-order valence-corrected chi connectivity index (χ4v) is 3.09. The third-order valence-corrected chi connectivity index (χ3v) is 4.63. The number of nitrogens with zero attached hydrogens (tertiary/aromatic N) is 2. The number of carboxylic acids is 1. The van der Waals surface area contributed by atoms with Crippen LogP contribution in [0.5, 0.6) is 0 Å². The molecule has 1 aliphatic rings. The van der Waals surface area contributed by atoms with E-state index in [0.717, 1.165) is 19.3 Å². The molecule has 1 aromatic heterocycles. The molecule has 1 unspecified atom stereocenters. The molecule has 0 aliphatic carbocycles. The highest BCUT2D eigenvalue weighted by Gasteiger charge is 2.20. The summed E-state index contributed by atoms with van der Waals surface area (Å²) in [5, 5.41) is 12.4. The second-order valence-corrected chi connectivity index (χ2v) is 6.69. The quantitative estimate of drug-likeness (QED) is 0.743. The first-order valence-electron chi connectivity index (χ1n) is 6.83. The van der Waals surface area contributed by atoms with Crippen molar-refractivity contribution in [3.8, 4) is 0 Å². The van der Waals surface area contributed by atoms with Crippen LogP contribution in [0.15, 0.2) is 17.3 Å². The average molecular weight is 317 g/mol. The van der Waals surface area contributed by atoms with Crippen molar-refractivity contribution in [2.45, 2.75) is 43.2 Å². The first-order chi connectivity index (χ1) is 9.97. The fraction of sp³-hybridized carbons (Fsp3) is 0.667. The van der Waals surface area contributed by atoms with Gasteiger partial charge >= 0.3 is 5.97 Å². The topological polar surface area (TPSA) is 111 Å². The summed E-state index contributed by atoms with van der Waals surface area (Å²) in [6, 6.07) is 0. The standard InChI is InChI=1S/C12H19N3O5S/c16-12(17)4-5-15-9-11(8-13-15)21(18,19)14-7-10-3-1-2-6-20-10/h8-10,14H,1-7H2,(H,16,17). The molecule has 1 aromatic rings. The molecule has 21 heavy (non-hydrogen) atoms. The number of nitrogens with one attached hydrogen (secondary N) is 1. The van der Waals surface area contributed by atoms with E-state index in [1.807, 2.05) is 0 Å². The van der Waals surface area contributed by atoms with Crippen molar-refractivity contribution >= 4 is 16.0 Å². The van der Waals surface area contributed by atoms with Crippen molar-refractivity contribution in [1.82, 2.24) is 14.5 Å². The van der Waals surface area contributed by atoms with Crippen molar-refractivity contribution in [1.29, 1.82) is 0 Å². The van der Waals surface area contributed by atoms with Gasteiger partial charge in [0.15, 0.2) is 0 Å². The molecule has 0 aromatic carbocycles. The van der Waals surface area contributed by atoms with E-state index in [1.54, 1.807) is 0 Å². The maximum atomic E-state index is 12.1. The number of ether oxygens (including phenoxy) is 1. The Morgan fingerprint density at radius 3 is 3.00 bits per heavy atom. The molecular formula is C12H19N3O5S. The minimum Gasteiger partial charge on any atom is -0.481 e. The molecule has 1 aliphatic heterocycles. The SMILES string of the molecule is O=C(O)CCn1cc(S(=O)(=O)NCC2CCCCO2)cn1. The first-order valence-corrected chi connectivity index (χ1v) is 8.31. The molecule has 1 fully saturated rings. The number of hydrogen-bond donors (Lipinski definition) is 2. The maximum absolute atomic E-state index is 12.1. The lowest BCUT2D eigenvalue weighted by atomic mass is 10.1. The molecule has 0 spiro atoms. The van der Waals surface area contributed by atoms with E-state index in [9.17, 15) is 13.2 Å². The molecular weight excluding hydrogens is 298 g/mol. The Hall–Kier alpha value is -1.45. The summed E-state index contributed by atoms with van der Waals surface area (Å²) in [4.78, 5) is 10.5. The van der Waals surface area contributed by atoms with Gasteiger partial charge in [-0.3, -0.25) is 9.48 Å². The Kier molecular flexibility index (Phi) is 5.32. The van der Waals surface area contributed by atoms with Crippen LogP contribution in [0.3, 0.4) is 0 Å². The molecule has 8 nitrogen and oxygen atoms in total. The highest BCUT2D eigenvalue weighted by atomic mass is 32.2. The molecule has 1 atom stereocenters. The number of carbonyl (C=O) groups is 1. The average Bonchev–Trinajstić information content (AvgIpc) is 2.94. The summed E-state index contributed by atoms with van der Waals surface area (Å²) in [7, 11) is -3.64. The van der Waals surface area contributed by atoms with Crippen LogP contribution in [0, 0.1) is 0 Å². The molecule has 0 radical (unpaired) electrons. The Morgan fingerprint density at radius 1 is 1.52 bits per heavy atom. The smallest absolute Gasteiger partial charge is 0.305 e. The summed E-state index contributed by atoms with van der Waals surface area (Å²) in [5.74, 6) is -0.956. The van der Waals surface area contributed by atoms with Crippen LogP contribution in [-0.2, 0) is 26.1 Å². The van der Waals surface area contributed by atoms with Gasteiger partial charge in [0.05, 0.1) is 25.3 Å². The van der Waals surface area contributed by atoms with E-state index in [1.165, 1.54) is 17.1 Å². The normalized spacial score (nSPS) is 19.5. The Labute approximate surface area is 123 Å². The summed E-state index contributed by atoms with van der Waals surface area (Å²) in [6.45, 7) is 1.04. The molecule has 9 heteroatoms. The van der Waals surface area contributed by atoms with Gasteiger partial charge in [0.1, 0.15) is 4.90 Å². The summed E-state index contributed by atoms with van der Waals surface area (Å²) < 4.78 is 33.5. The lowest BCUT2D eigenvalue weighted by Crippen LogP contribution is -2.35. The largest absolute Gasteiger partial charge is 0.481 e. The third-order valence-electron chi connectivity index (χ3n) is 3.25. The molecule has 2 N–H and O–H groups in total. The molecule has 118 valence electrons. The number of rotatable bonds is 7. The van der Waals surface area contributed by atoms with Crippen LogP contribution in [0.25, 0.3) is 0 Å². The highest BCUT2D eigenvalue weighted by molar-refractivity contribution is 7.89. The lowest BCUT2D eigenvalue weighted by Gasteiger charge is -2.22. The molecule has 0 amide bonds. The Balaban J connectivity index is 1.90. The predicted octanol–water partition coefficient (Wildman–Crippen LogP) is 0.205. The van der Waals surface area contributed by atoms with Crippen molar-refractivity contribution in [2.24, 2.45) is 0 Å². The van der Waals surface area contributed by atoms with E-state index in [0.29, 0.717) is 6.61 Å². The van der Waals surface area contributed by atoms with Gasteiger partial charge in [0, 0.05) is 19.3 Å². The van der Waals surface area contributed by atoms with Crippen LogP contribution in [0.2, 0.25) is 0 Å². The number of carboxylic acid groups (broad SMARTS) is 1. The van der Waals surface area contributed by atoms with Crippen molar-refractivity contribution in [2.75, 3.05) is 13.2 Å². The van der Waals surface area contributed by atoms with Gasteiger partial charge in [0.25, 0.3) is 0 Å². The van der Waals surface area contributed by atoms with E-state index >= 15 is 0 Å². The number of hydrogen-bond acceptors (Lipinski definition) is 5. The van der Waals surface area contributed by atoms with E-state index in [2.05, 4.69) is 9.82 Å². The predicted molar refractivity (Wildman–Crippen MR) is 73.3 cm³/mol. The minimum absolute atomic E-state index is 0.0312. The van der Waals surface area contributed by atoms with Crippen molar-refractivity contribution in [3.05, 3.63) is 12.4 Å². The second kappa shape index (κ2) is 7.01. The molecule has 0 bridgehead atoms. The van der Waals surface area contributed by atoms with Gasteiger partial charge < -0.3 is 9.84 Å². The van der Waals surface area contributed by atoms with Crippen LogP contribution in [0.1, 0.15) is 25.7 Å². The van der Waals surface area contributed by atoms with Crippen molar-refractivity contribution < 1.29 is 23.1 Å². The zero-order valence-electron chi connectivity index (χ0n) is 11.6. The van der Waals surface area contributed by atoms with E-state index in [4.69, 9.17) is 9.84 Å². The Bertz CT molecular complexity index is 577. The first kappa shape index (κ1) is 15.9. The Morgan fingerprint density at radius 2 is 2.33 bits per heavy atom. The summed E-state index contributed by atoms with van der Waals surface area (Å²) in [6.07, 6.45) is 5.25. The van der Waals surface area contributed by atoms with Gasteiger partial charge in [-0.1, -0.05) is 0 Å². The van der Waals surface area contributed by atoms with Crippen LogP contribution >= 0.6 is 0 Å². The van der Waals surface area contributed by atoms with Crippen molar-refractivity contribution in [3.63, 3.8) is 0 Å². The number of aliphatic carboxylic acids is 1. The van der Waals surface area contributed by atoms with E-state index < -0.39 is 16.0 Å². The van der Waals surface area contributed by atoms with Crippen LogP contribution in [0.4, 0.5) is 0 Å². The van der Waals surface area contributed by atoms with Gasteiger partial charge in [-0.15, -0.1) is 0 Å². The summed E-state index contributed by atoms with van der Waals surface area (Å²) in [5.41, 5.74) is 0. The van der Waals surface area contributed by atoms with Crippen LogP contribution < -0.4 is 4.72 Å². The zero-order valence-corrected chi connectivity index (χ0v) is 12.4. The molecule has 1 saturated heterocycles.